The van der Waals surface area contributed by atoms with Crippen LogP contribution in [0.25, 0.3) is 6.08 Å². The van der Waals surface area contributed by atoms with E-state index in [-0.39, 0.29) is 17.9 Å². The molecule has 0 fully saturated rings. The van der Waals surface area contributed by atoms with Gasteiger partial charge in [0.1, 0.15) is 0 Å². The molecule has 2 amide bonds. The smallest absolute Gasteiger partial charge is 0.262 e. The summed E-state index contributed by atoms with van der Waals surface area (Å²) in [4.78, 5) is 26.2. The van der Waals surface area contributed by atoms with E-state index in [4.69, 9.17) is 11.6 Å². The van der Waals surface area contributed by atoms with E-state index >= 15 is 0 Å². The summed E-state index contributed by atoms with van der Waals surface area (Å²) < 4.78 is 0. The van der Waals surface area contributed by atoms with Crippen molar-refractivity contribution in [3.05, 3.63) is 63.5 Å². The lowest BCUT2D eigenvalue weighted by Crippen LogP contribution is -2.32. The monoisotopic (exact) mass is 386 g/mol. The van der Waals surface area contributed by atoms with Gasteiger partial charge in [0.2, 0.25) is 0 Å². The van der Waals surface area contributed by atoms with Crippen LogP contribution >= 0.6 is 23.4 Å². The molecule has 0 saturated carbocycles. The van der Waals surface area contributed by atoms with E-state index < -0.39 is 0 Å². The van der Waals surface area contributed by atoms with Gasteiger partial charge in [-0.25, -0.2) is 0 Å². The Balaban J connectivity index is 1.83. The molecule has 2 N–H and O–H groups in total. The van der Waals surface area contributed by atoms with E-state index in [1.54, 1.807) is 30.3 Å². The summed E-state index contributed by atoms with van der Waals surface area (Å²) in [7, 11) is 0. The van der Waals surface area contributed by atoms with Crippen LogP contribution in [-0.4, -0.2) is 17.9 Å². The number of anilines is 1. The number of thioether (sulfide) groups is 1. The minimum absolute atomic E-state index is 0.106. The van der Waals surface area contributed by atoms with Crippen LogP contribution in [0.3, 0.4) is 0 Å². The van der Waals surface area contributed by atoms with Crippen LogP contribution in [-0.2, 0) is 4.79 Å². The van der Waals surface area contributed by atoms with E-state index in [9.17, 15) is 9.59 Å². The molecular weight excluding hydrogens is 368 g/mol. The summed E-state index contributed by atoms with van der Waals surface area (Å²) in [5.41, 5.74) is 2.05. The third-order valence-electron chi connectivity index (χ3n) is 4.07. The number of nitrogens with one attached hydrogen (secondary N) is 2. The maximum absolute atomic E-state index is 12.4. The Morgan fingerprint density at radius 3 is 2.85 bits per heavy atom. The molecule has 26 heavy (non-hydrogen) atoms. The first-order valence-electron chi connectivity index (χ1n) is 8.37. The highest BCUT2D eigenvalue weighted by Gasteiger charge is 2.22. The molecule has 134 valence electrons. The number of fused-ring (bicyclic) bond motifs is 1. The fourth-order valence-electron chi connectivity index (χ4n) is 2.46. The summed E-state index contributed by atoms with van der Waals surface area (Å²) in [5.74, 6) is -0.330. The fraction of sp³-hybridized carbons (Fsp3) is 0.200. The normalized spacial score (nSPS) is 16.0. The van der Waals surface area contributed by atoms with Gasteiger partial charge in [0.25, 0.3) is 11.8 Å². The minimum atomic E-state index is -0.193. The molecule has 6 heteroatoms. The molecule has 0 saturated heterocycles. The van der Waals surface area contributed by atoms with Gasteiger partial charge < -0.3 is 10.6 Å². The third-order valence-corrected chi connectivity index (χ3v) is 5.40. The topological polar surface area (TPSA) is 58.2 Å². The Morgan fingerprint density at radius 1 is 1.31 bits per heavy atom. The first-order valence-corrected chi connectivity index (χ1v) is 9.57. The minimum Gasteiger partial charge on any atom is -0.350 e. The molecule has 1 aliphatic rings. The highest BCUT2D eigenvalue weighted by atomic mass is 35.5. The van der Waals surface area contributed by atoms with Crippen molar-refractivity contribution in [1.82, 2.24) is 5.32 Å². The number of hydrogen-bond donors (Lipinski definition) is 2. The SMILES string of the molecule is CC[C@@H](C)NC(=O)c1ccc2c(c1)NC(=O)/C(=C\c1cccc(Cl)c1)S2. The first-order chi connectivity index (χ1) is 12.5. The zero-order valence-corrected chi connectivity index (χ0v) is 16.1. The van der Waals surface area contributed by atoms with E-state index in [1.165, 1.54) is 11.8 Å². The van der Waals surface area contributed by atoms with Crippen molar-refractivity contribution in [2.45, 2.75) is 31.2 Å². The number of carbonyl (C=O) groups is 2. The van der Waals surface area contributed by atoms with Gasteiger partial charge in [-0.3, -0.25) is 9.59 Å². The van der Waals surface area contributed by atoms with Crippen LogP contribution < -0.4 is 10.6 Å². The summed E-state index contributed by atoms with van der Waals surface area (Å²) in [6, 6.07) is 12.8. The highest BCUT2D eigenvalue weighted by Crippen LogP contribution is 2.39. The number of rotatable bonds is 4. The zero-order chi connectivity index (χ0) is 18.7. The lowest BCUT2D eigenvalue weighted by Gasteiger charge is -2.20. The quantitative estimate of drug-likeness (QED) is 0.730. The van der Waals surface area contributed by atoms with Crippen molar-refractivity contribution in [1.29, 1.82) is 0 Å². The Hall–Kier alpha value is -2.24. The highest BCUT2D eigenvalue weighted by molar-refractivity contribution is 8.04. The molecular formula is C20H19ClN2O2S. The van der Waals surface area contributed by atoms with Gasteiger partial charge in [0.05, 0.1) is 10.6 Å². The number of halogens is 1. The second-order valence-electron chi connectivity index (χ2n) is 6.11. The van der Waals surface area contributed by atoms with Gasteiger partial charge >= 0.3 is 0 Å². The predicted molar refractivity (Wildman–Crippen MR) is 108 cm³/mol. The Kier molecular flexibility index (Phi) is 5.69. The van der Waals surface area contributed by atoms with Gasteiger partial charge in [-0.15, -0.1) is 0 Å². The number of amides is 2. The van der Waals surface area contributed by atoms with Crippen LogP contribution in [0.2, 0.25) is 5.02 Å². The molecule has 0 radical (unpaired) electrons. The van der Waals surface area contributed by atoms with Crippen molar-refractivity contribution in [2.24, 2.45) is 0 Å². The average molecular weight is 387 g/mol. The molecule has 1 heterocycles. The van der Waals surface area contributed by atoms with Crippen molar-refractivity contribution in [3.63, 3.8) is 0 Å². The van der Waals surface area contributed by atoms with Crippen molar-refractivity contribution in [3.8, 4) is 0 Å². The number of benzene rings is 2. The van der Waals surface area contributed by atoms with E-state index in [1.807, 2.05) is 32.0 Å². The van der Waals surface area contributed by atoms with Gasteiger partial charge in [0, 0.05) is 21.5 Å². The predicted octanol–water partition coefficient (Wildman–Crippen LogP) is 4.95. The van der Waals surface area contributed by atoms with Gasteiger partial charge in [-0.1, -0.05) is 42.4 Å². The maximum Gasteiger partial charge on any atom is 0.262 e. The van der Waals surface area contributed by atoms with Gasteiger partial charge in [-0.2, -0.15) is 0 Å². The van der Waals surface area contributed by atoms with Crippen molar-refractivity contribution < 1.29 is 9.59 Å². The third kappa shape index (κ3) is 4.29. The van der Waals surface area contributed by atoms with Gasteiger partial charge in [0.15, 0.2) is 0 Å². The Labute approximate surface area is 162 Å². The summed E-state index contributed by atoms with van der Waals surface area (Å²) in [6.07, 6.45) is 2.67. The van der Waals surface area contributed by atoms with Crippen LogP contribution in [0.5, 0.6) is 0 Å². The lowest BCUT2D eigenvalue weighted by molar-refractivity contribution is -0.112. The van der Waals surface area contributed by atoms with Crippen molar-refractivity contribution >= 4 is 46.9 Å². The molecule has 1 aliphatic heterocycles. The maximum atomic E-state index is 12.4. The Bertz CT molecular complexity index is 895. The molecule has 2 aromatic rings. The standard InChI is InChI=1S/C20H19ClN2O2S/c1-3-12(2)22-19(24)14-7-8-17-16(11-14)23-20(25)18(26-17)10-13-5-4-6-15(21)9-13/h4-12H,3H2,1-2H3,(H,22,24)(H,23,25)/b18-10+/t12-/m1/s1. The average Bonchev–Trinajstić information content (AvgIpc) is 2.61. The number of carbonyl (C=O) groups excluding carboxylic acids is 2. The molecule has 0 aliphatic carbocycles. The van der Waals surface area contributed by atoms with Crippen LogP contribution in [0, 0.1) is 0 Å². The largest absolute Gasteiger partial charge is 0.350 e. The molecule has 0 spiro atoms. The summed E-state index contributed by atoms with van der Waals surface area (Å²) in [5, 5.41) is 6.42. The molecule has 0 aromatic heterocycles. The fourth-order valence-corrected chi connectivity index (χ4v) is 3.59. The molecule has 4 nitrogen and oxygen atoms in total. The second-order valence-corrected chi connectivity index (χ2v) is 7.63. The molecule has 1 atom stereocenters. The molecule has 2 aromatic carbocycles. The summed E-state index contributed by atoms with van der Waals surface area (Å²) >= 11 is 7.38. The van der Waals surface area contributed by atoms with E-state index in [0.717, 1.165) is 16.9 Å². The lowest BCUT2D eigenvalue weighted by atomic mass is 10.1. The van der Waals surface area contributed by atoms with Gasteiger partial charge in [-0.05, 0) is 55.3 Å². The Morgan fingerprint density at radius 2 is 2.12 bits per heavy atom. The number of hydrogen-bond acceptors (Lipinski definition) is 3. The molecule has 0 bridgehead atoms. The van der Waals surface area contributed by atoms with E-state index in [0.29, 0.717) is 21.2 Å². The zero-order valence-electron chi connectivity index (χ0n) is 14.5. The van der Waals surface area contributed by atoms with Crippen LogP contribution in [0.4, 0.5) is 5.69 Å². The van der Waals surface area contributed by atoms with Crippen molar-refractivity contribution in [2.75, 3.05) is 5.32 Å². The van der Waals surface area contributed by atoms with E-state index in [2.05, 4.69) is 10.6 Å². The first kappa shape index (κ1) is 18.5. The second kappa shape index (κ2) is 7.98. The van der Waals surface area contributed by atoms with Crippen LogP contribution in [0.15, 0.2) is 52.3 Å². The molecule has 0 unspecified atom stereocenters. The summed E-state index contributed by atoms with van der Waals surface area (Å²) in [6.45, 7) is 3.98. The molecule has 3 rings (SSSR count). The van der Waals surface area contributed by atoms with Crippen LogP contribution in [0.1, 0.15) is 36.2 Å².